The first kappa shape index (κ1) is 15.9. The van der Waals surface area contributed by atoms with Crippen LogP contribution >= 0.6 is 11.3 Å². The van der Waals surface area contributed by atoms with E-state index in [2.05, 4.69) is 15.2 Å². The third-order valence-electron chi connectivity index (χ3n) is 4.46. The van der Waals surface area contributed by atoms with Gasteiger partial charge in [0.2, 0.25) is 5.91 Å². The number of piperidine rings is 1. The minimum absolute atomic E-state index is 0.00179. The number of carbonyl (C=O) groups excluding carboxylic acids is 1. The van der Waals surface area contributed by atoms with Gasteiger partial charge in [-0.25, -0.2) is 4.98 Å². The summed E-state index contributed by atoms with van der Waals surface area (Å²) in [6.45, 7) is 4.35. The summed E-state index contributed by atoms with van der Waals surface area (Å²) in [7, 11) is 1.64. The van der Waals surface area contributed by atoms with Crippen molar-refractivity contribution in [3.63, 3.8) is 0 Å². The highest BCUT2D eigenvalue weighted by Gasteiger charge is 2.43. The highest BCUT2D eigenvalue weighted by Crippen LogP contribution is 2.34. The SMILES string of the molecule is COCCNC(=O)[C@@H]1CN(Cc2nccs2)C[C@@H]2OCC[C@@H]21. The van der Waals surface area contributed by atoms with E-state index in [1.54, 1.807) is 18.4 Å². The van der Waals surface area contributed by atoms with Crippen LogP contribution in [0.2, 0.25) is 0 Å². The lowest BCUT2D eigenvalue weighted by molar-refractivity contribution is -0.131. The number of fused-ring (bicyclic) bond motifs is 1. The average molecular weight is 325 g/mol. The molecule has 0 aromatic carbocycles. The summed E-state index contributed by atoms with van der Waals surface area (Å²) in [5, 5.41) is 6.07. The normalized spacial score (nSPS) is 28.5. The molecule has 1 aromatic rings. The fraction of sp³-hybridized carbons (Fsp3) is 0.733. The van der Waals surface area contributed by atoms with E-state index in [4.69, 9.17) is 9.47 Å². The van der Waals surface area contributed by atoms with Gasteiger partial charge >= 0.3 is 0 Å². The molecule has 0 radical (unpaired) electrons. The molecule has 1 aromatic heterocycles. The Morgan fingerprint density at radius 3 is 3.27 bits per heavy atom. The topological polar surface area (TPSA) is 63.7 Å². The lowest BCUT2D eigenvalue weighted by Gasteiger charge is -2.38. The molecule has 0 saturated carbocycles. The monoisotopic (exact) mass is 325 g/mol. The zero-order valence-electron chi connectivity index (χ0n) is 12.9. The summed E-state index contributed by atoms with van der Waals surface area (Å²) in [4.78, 5) is 19.1. The van der Waals surface area contributed by atoms with Crippen molar-refractivity contribution in [2.75, 3.05) is 40.0 Å². The molecule has 2 aliphatic rings. The number of ether oxygens (including phenoxy) is 2. The minimum Gasteiger partial charge on any atom is -0.383 e. The van der Waals surface area contributed by atoms with E-state index in [0.717, 1.165) is 37.7 Å². The van der Waals surface area contributed by atoms with Gasteiger partial charge in [-0.05, 0) is 6.42 Å². The quantitative estimate of drug-likeness (QED) is 0.782. The molecule has 1 amide bonds. The van der Waals surface area contributed by atoms with Crippen LogP contribution in [0.4, 0.5) is 0 Å². The first-order chi connectivity index (χ1) is 10.8. The Hall–Kier alpha value is -1.02. The maximum atomic E-state index is 12.5. The fourth-order valence-corrected chi connectivity index (χ4v) is 4.05. The molecule has 2 fully saturated rings. The molecule has 122 valence electrons. The molecular formula is C15H23N3O3S. The van der Waals surface area contributed by atoms with Gasteiger partial charge < -0.3 is 14.8 Å². The van der Waals surface area contributed by atoms with Crippen LogP contribution < -0.4 is 5.32 Å². The van der Waals surface area contributed by atoms with Crippen molar-refractivity contribution in [2.45, 2.75) is 19.1 Å². The Labute approximate surface area is 134 Å². The molecule has 0 spiro atoms. The Morgan fingerprint density at radius 1 is 1.59 bits per heavy atom. The van der Waals surface area contributed by atoms with E-state index in [-0.39, 0.29) is 17.9 Å². The van der Waals surface area contributed by atoms with Gasteiger partial charge in [-0.2, -0.15) is 0 Å². The molecule has 2 aliphatic heterocycles. The van der Waals surface area contributed by atoms with Gasteiger partial charge in [0.05, 0.1) is 25.2 Å². The van der Waals surface area contributed by atoms with E-state index in [9.17, 15) is 4.79 Å². The molecule has 2 saturated heterocycles. The third-order valence-corrected chi connectivity index (χ3v) is 5.22. The summed E-state index contributed by atoms with van der Waals surface area (Å²) >= 11 is 1.66. The number of likely N-dealkylation sites (tertiary alicyclic amines) is 1. The summed E-state index contributed by atoms with van der Waals surface area (Å²) in [6, 6.07) is 0. The predicted octanol–water partition coefficient (Wildman–Crippen LogP) is 0.743. The van der Waals surface area contributed by atoms with E-state index in [1.165, 1.54) is 0 Å². The zero-order chi connectivity index (χ0) is 15.4. The van der Waals surface area contributed by atoms with Crippen molar-refractivity contribution in [2.24, 2.45) is 11.8 Å². The van der Waals surface area contributed by atoms with Crippen LogP contribution in [0.15, 0.2) is 11.6 Å². The van der Waals surface area contributed by atoms with Crippen molar-refractivity contribution in [3.05, 3.63) is 16.6 Å². The van der Waals surface area contributed by atoms with Crippen LogP contribution in [-0.2, 0) is 20.8 Å². The molecular weight excluding hydrogens is 302 g/mol. The molecule has 3 heterocycles. The molecule has 3 atom stereocenters. The third kappa shape index (κ3) is 3.65. The number of aromatic nitrogens is 1. The highest BCUT2D eigenvalue weighted by molar-refractivity contribution is 7.09. The highest BCUT2D eigenvalue weighted by atomic mass is 32.1. The first-order valence-electron chi connectivity index (χ1n) is 7.77. The van der Waals surface area contributed by atoms with Crippen molar-refractivity contribution in [1.29, 1.82) is 0 Å². The lowest BCUT2D eigenvalue weighted by Crippen LogP contribution is -2.52. The molecule has 0 bridgehead atoms. The smallest absolute Gasteiger partial charge is 0.224 e. The van der Waals surface area contributed by atoms with Crippen LogP contribution in [0.25, 0.3) is 0 Å². The van der Waals surface area contributed by atoms with E-state index >= 15 is 0 Å². The maximum absolute atomic E-state index is 12.5. The minimum atomic E-state index is -0.00179. The van der Waals surface area contributed by atoms with E-state index in [1.807, 2.05) is 11.6 Å². The Kier molecular flexibility index (Phi) is 5.41. The second-order valence-electron chi connectivity index (χ2n) is 5.87. The van der Waals surface area contributed by atoms with Crippen LogP contribution in [0.1, 0.15) is 11.4 Å². The fourth-order valence-electron chi connectivity index (χ4n) is 3.39. The first-order valence-corrected chi connectivity index (χ1v) is 8.65. The molecule has 0 unspecified atom stereocenters. The number of hydrogen-bond acceptors (Lipinski definition) is 6. The second-order valence-corrected chi connectivity index (χ2v) is 6.85. The number of amides is 1. The number of rotatable bonds is 6. The zero-order valence-corrected chi connectivity index (χ0v) is 13.7. The summed E-state index contributed by atoms with van der Waals surface area (Å²) in [5.74, 6) is 0.467. The molecule has 7 heteroatoms. The van der Waals surface area contributed by atoms with E-state index in [0.29, 0.717) is 19.1 Å². The van der Waals surface area contributed by atoms with Crippen molar-refractivity contribution in [1.82, 2.24) is 15.2 Å². The summed E-state index contributed by atoms with van der Waals surface area (Å²) < 4.78 is 10.8. The van der Waals surface area contributed by atoms with Gasteiger partial charge in [0.1, 0.15) is 5.01 Å². The average Bonchev–Trinajstić information content (AvgIpc) is 3.17. The second kappa shape index (κ2) is 7.50. The maximum Gasteiger partial charge on any atom is 0.224 e. The standard InChI is InChI=1S/C15H23N3O3S/c1-20-6-3-17-15(19)12-8-18(10-14-16-4-7-22-14)9-13-11(12)2-5-21-13/h4,7,11-13H,2-3,5-6,8-10H2,1H3,(H,17,19)/t11-,12-,13+/m1/s1. The number of nitrogens with zero attached hydrogens (tertiary/aromatic N) is 2. The Balaban J connectivity index is 1.63. The number of thiazole rings is 1. The molecule has 1 N–H and O–H groups in total. The van der Waals surface area contributed by atoms with Gasteiger partial charge in [-0.3, -0.25) is 9.69 Å². The van der Waals surface area contributed by atoms with Gasteiger partial charge in [0.15, 0.2) is 0 Å². The number of hydrogen-bond donors (Lipinski definition) is 1. The van der Waals surface area contributed by atoms with E-state index < -0.39 is 0 Å². The Morgan fingerprint density at radius 2 is 2.50 bits per heavy atom. The molecule has 0 aliphatic carbocycles. The van der Waals surface area contributed by atoms with Gasteiger partial charge in [-0.1, -0.05) is 0 Å². The predicted molar refractivity (Wildman–Crippen MR) is 83.6 cm³/mol. The van der Waals surface area contributed by atoms with Gasteiger partial charge in [0.25, 0.3) is 0 Å². The summed E-state index contributed by atoms with van der Waals surface area (Å²) in [5.41, 5.74) is 0. The van der Waals surface area contributed by atoms with Crippen molar-refractivity contribution >= 4 is 17.2 Å². The van der Waals surface area contributed by atoms with Crippen LogP contribution in [0.5, 0.6) is 0 Å². The molecule has 6 nitrogen and oxygen atoms in total. The Bertz CT molecular complexity index is 482. The summed E-state index contributed by atoms with van der Waals surface area (Å²) in [6.07, 6.45) is 2.98. The van der Waals surface area contributed by atoms with Crippen molar-refractivity contribution < 1.29 is 14.3 Å². The lowest BCUT2D eigenvalue weighted by atomic mass is 9.82. The number of carbonyl (C=O) groups is 1. The van der Waals surface area contributed by atoms with Gasteiger partial charge in [-0.15, -0.1) is 11.3 Å². The number of methoxy groups -OCH3 is 1. The van der Waals surface area contributed by atoms with Crippen LogP contribution in [-0.4, -0.2) is 61.9 Å². The largest absolute Gasteiger partial charge is 0.383 e. The molecule has 22 heavy (non-hydrogen) atoms. The van der Waals surface area contributed by atoms with Crippen molar-refractivity contribution in [3.8, 4) is 0 Å². The van der Waals surface area contributed by atoms with Crippen LogP contribution in [0, 0.1) is 11.8 Å². The van der Waals surface area contributed by atoms with Crippen LogP contribution in [0.3, 0.4) is 0 Å². The number of nitrogens with one attached hydrogen (secondary N) is 1. The van der Waals surface area contributed by atoms with Gasteiger partial charge in [0, 0.05) is 50.8 Å². The molecule has 3 rings (SSSR count).